The van der Waals surface area contributed by atoms with E-state index in [1.165, 1.54) is 19.4 Å². The fraction of sp³-hybridized carbons (Fsp3) is 0.143. The first-order valence-corrected chi connectivity index (χ1v) is 4.16. The summed E-state index contributed by atoms with van der Waals surface area (Å²) in [5.74, 6) is -0.521. The number of rotatable bonds is 2. The molecular formula is C7H6INO3. The third kappa shape index (κ3) is 1.84. The van der Waals surface area contributed by atoms with Crippen LogP contribution in [0.15, 0.2) is 12.3 Å². The topological polar surface area (TPSA) is 59.4 Å². The molecule has 0 spiro atoms. The first kappa shape index (κ1) is 9.24. The quantitative estimate of drug-likeness (QED) is 0.656. The van der Waals surface area contributed by atoms with E-state index in [0.29, 0.717) is 9.45 Å². The molecule has 1 rings (SSSR count). The molecule has 0 atom stereocenters. The molecule has 0 fully saturated rings. The Bertz CT molecular complexity index is 314. The molecule has 64 valence electrons. The highest BCUT2D eigenvalue weighted by Crippen LogP contribution is 2.18. The maximum absolute atomic E-state index is 10.5. The van der Waals surface area contributed by atoms with E-state index in [2.05, 4.69) is 4.98 Å². The van der Waals surface area contributed by atoms with Crippen LogP contribution in [-0.2, 0) is 0 Å². The summed E-state index contributed by atoms with van der Waals surface area (Å²) in [6.07, 6.45) is 1.30. The van der Waals surface area contributed by atoms with Crippen LogP contribution in [0.1, 0.15) is 10.4 Å². The van der Waals surface area contributed by atoms with Gasteiger partial charge >= 0.3 is 5.97 Å². The van der Waals surface area contributed by atoms with Gasteiger partial charge in [0.05, 0.1) is 12.7 Å². The normalized spacial score (nSPS) is 9.50. The van der Waals surface area contributed by atoms with Crippen molar-refractivity contribution in [3.05, 3.63) is 21.5 Å². The second-order valence-corrected chi connectivity index (χ2v) is 3.04. The van der Waals surface area contributed by atoms with E-state index in [-0.39, 0.29) is 5.56 Å². The van der Waals surface area contributed by atoms with Crippen LogP contribution in [0.3, 0.4) is 0 Å². The summed E-state index contributed by atoms with van der Waals surface area (Å²) in [4.78, 5) is 14.3. The fourth-order valence-electron chi connectivity index (χ4n) is 0.688. The number of methoxy groups -OCH3 is 1. The van der Waals surface area contributed by atoms with Crippen molar-refractivity contribution < 1.29 is 14.6 Å². The van der Waals surface area contributed by atoms with E-state index < -0.39 is 5.97 Å². The van der Waals surface area contributed by atoms with Crippen molar-refractivity contribution in [2.24, 2.45) is 0 Å². The predicted octanol–water partition coefficient (Wildman–Crippen LogP) is 1.39. The Kier molecular flexibility index (Phi) is 2.85. The van der Waals surface area contributed by atoms with Crippen molar-refractivity contribution in [3.8, 4) is 5.75 Å². The van der Waals surface area contributed by atoms with Crippen molar-refractivity contribution in [1.82, 2.24) is 4.98 Å². The largest absolute Gasteiger partial charge is 0.494 e. The van der Waals surface area contributed by atoms with Crippen molar-refractivity contribution in [1.29, 1.82) is 0 Å². The number of aromatic carboxylic acids is 1. The molecule has 0 radical (unpaired) electrons. The molecule has 12 heavy (non-hydrogen) atoms. The van der Waals surface area contributed by atoms with E-state index in [4.69, 9.17) is 9.84 Å². The van der Waals surface area contributed by atoms with Crippen LogP contribution in [-0.4, -0.2) is 23.2 Å². The standard InChI is InChI=1S/C7H6INO3/c1-12-5-2-4(7(10)11)3-9-6(5)8/h2-3H,1H3,(H,10,11). The number of pyridine rings is 1. The maximum atomic E-state index is 10.5. The zero-order valence-electron chi connectivity index (χ0n) is 6.24. The minimum atomic E-state index is -1.00. The van der Waals surface area contributed by atoms with E-state index in [1.54, 1.807) is 0 Å². The molecule has 4 nitrogen and oxygen atoms in total. The van der Waals surface area contributed by atoms with E-state index in [9.17, 15) is 4.79 Å². The van der Waals surface area contributed by atoms with E-state index in [0.717, 1.165) is 0 Å². The molecule has 0 amide bonds. The lowest BCUT2D eigenvalue weighted by Crippen LogP contribution is -1.99. The van der Waals surface area contributed by atoms with Gasteiger partial charge in [-0.05, 0) is 28.7 Å². The van der Waals surface area contributed by atoms with Gasteiger partial charge in [-0.3, -0.25) is 0 Å². The molecule has 5 heteroatoms. The van der Waals surface area contributed by atoms with Gasteiger partial charge < -0.3 is 9.84 Å². The average molecular weight is 279 g/mol. The molecule has 1 N–H and O–H groups in total. The number of carboxylic acids is 1. The molecule has 0 aliphatic rings. The molecule has 1 aromatic rings. The summed E-state index contributed by atoms with van der Waals surface area (Å²) >= 11 is 1.97. The Morgan fingerprint density at radius 1 is 1.75 bits per heavy atom. The highest BCUT2D eigenvalue weighted by molar-refractivity contribution is 14.1. The predicted molar refractivity (Wildman–Crippen MR) is 50.5 cm³/mol. The Morgan fingerprint density at radius 3 is 2.92 bits per heavy atom. The Hall–Kier alpha value is -0.850. The summed E-state index contributed by atoms with van der Waals surface area (Å²) in [6.45, 7) is 0. The molecule has 0 saturated carbocycles. The number of ether oxygens (including phenoxy) is 1. The molecule has 0 aromatic carbocycles. The Labute approximate surface area is 82.7 Å². The molecule has 0 aliphatic carbocycles. The van der Waals surface area contributed by atoms with Gasteiger partial charge in [0, 0.05) is 6.20 Å². The van der Waals surface area contributed by atoms with Gasteiger partial charge in [-0.15, -0.1) is 0 Å². The van der Waals surface area contributed by atoms with Crippen molar-refractivity contribution >= 4 is 28.6 Å². The summed E-state index contributed by atoms with van der Waals surface area (Å²) in [7, 11) is 1.48. The minimum absolute atomic E-state index is 0.132. The second-order valence-electron chi connectivity index (χ2n) is 2.02. The molecule has 1 heterocycles. The number of aromatic nitrogens is 1. The van der Waals surface area contributed by atoms with Gasteiger partial charge in [-0.1, -0.05) is 0 Å². The Morgan fingerprint density at radius 2 is 2.42 bits per heavy atom. The number of carbonyl (C=O) groups is 1. The summed E-state index contributed by atoms with van der Waals surface area (Å²) in [6, 6.07) is 1.44. The SMILES string of the molecule is COc1cc(C(=O)O)cnc1I. The monoisotopic (exact) mass is 279 g/mol. The lowest BCUT2D eigenvalue weighted by Gasteiger charge is -2.02. The first-order valence-electron chi connectivity index (χ1n) is 3.08. The van der Waals surface area contributed by atoms with Crippen molar-refractivity contribution in [2.45, 2.75) is 0 Å². The van der Waals surface area contributed by atoms with Crippen molar-refractivity contribution in [2.75, 3.05) is 7.11 Å². The van der Waals surface area contributed by atoms with Gasteiger partial charge in [0.2, 0.25) is 0 Å². The first-order chi connectivity index (χ1) is 5.65. The van der Waals surface area contributed by atoms with Crippen molar-refractivity contribution in [3.63, 3.8) is 0 Å². The van der Waals surface area contributed by atoms with Gasteiger partial charge in [-0.2, -0.15) is 0 Å². The number of nitrogens with zero attached hydrogens (tertiary/aromatic N) is 1. The number of carboxylic acid groups (broad SMARTS) is 1. The average Bonchev–Trinajstić information content (AvgIpc) is 2.05. The summed E-state index contributed by atoms with van der Waals surface area (Å²) in [5, 5.41) is 8.60. The minimum Gasteiger partial charge on any atom is -0.494 e. The van der Waals surface area contributed by atoms with Gasteiger partial charge in [-0.25, -0.2) is 9.78 Å². The highest BCUT2D eigenvalue weighted by Gasteiger charge is 2.07. The molecule has 0 bridgehead atoms. The zero-order valence-corrected chi connectivity index (χ0v) is 8.40. The Balaban J connectivity index is 3.13. The van der Waals surface area contributed by atoms with Crippen LogP contribution in [0.2, 0.25) is 0 Å². The van der Waals surface area contributed by atoms with Crippen LogP contribution < -0.4 is 4.74 Å². The highest BCUT2D eigenvalue weighted by atomic mass is 127. The van der Waals surface area contributed by atoms with Crippen LogP contribution in [0.4, 0.5) is 0 Å². The van der Waals surface area contributed by atoms with Crippen LogP contribution in [0, 0.1) is 3.70 Å². The lowest BCUT2D eigenvalue weighted by molar-refractivity contribution is 0.0696. The van der Waals surface area contributed by atoms with E-state index in [1.807, 2.05) is 22.6 Å². The molecule has 1 aromatic heterocycles. The molecular weight excluding hydrogens is 273 g/mol. The van der Waals surface area contributed by atoms with Gasteiger partial charge in [0.25, 0.3) is 0 Å². The smallest absolute Gasteiger partial charge is 0.337 e. The third-order valence-electron chi connectivity index (χ3n) is 1.27. The number of hydrogen-bond acceptors (Lipinski definition) is 3. The summed E-state index contributed by atoms with van der Waals surface area (Å²) in [5.41, 5.74) is 0.132. The van der Waals surface area contributed by atoms with Gasteiger partial charge in [0.1, 0.15) is 3.70 Å². The number of halogens is 1. The molecule has 0 saturated heterocycles. The number of hydrogen-bond donors (Lipinski definition) is 1. The van der Waals surface area contributed by atoms with Crippen LogP contribution in [0.5, 0.6) is 5.75 Å². The third-order valence-corrected chi connectivity index (χ3v) is 2.08. The molecule has 0 unspecified atom stereocenters. The van der Waals surface area contributed by atoms with Gasteiger partial charge in [0.15, 0.2) is 5.75 Å². The van der Waals surface area contributed by atoms with Crippen LogP contribution >= 0.6 is 22.6 Å². The van der Waals surface area contributed by atoms with Crippen LogP contribution in [0.25, 0.3) is 0 Å². The lowest BCUT2D eigenvalue weighted by atomic mass is 10.3. The maximum Gasteiger partial charge on any atom is 0.337 e. The summed E-state index contributed by atoms with van der Waals surface area (Å²) < 4.78 is 5.56. The van der Waals surface area contributed by atoms with E-state index >= 15 is 0 Å². The zero-order chi connectivity index (χ0) is 9.14. The second kappa shape index (κ2) is 3.70. The fourth-order valence-corrected chi connectivity index (χ4v) is 1.20. The molecule has 0 aliphatic heterocycles.